The molecule has 4 heteroatoms. The minimum atomic E-state index is -1.02. The molecule has 0 saturated carbocycles. The van der Waals surface area contributed by atoms with E-state index in [1.807, 2.05) is 0 Å². The van der Waals surface area contributed by atoms with Gasteiger partial charge >= 0.3 is 0 Å². The van der Waals surface area contributed by atoms with E-state index in [1.165, 1.54) is 19.1 Å². The Bertz CT molecular complexity index is 394. The first kappa shape index (κ1) is 12.6. The molecule has 0 amide bonds. The third-order valence-electron chi connectivity index (χ3n) is 1.92. The Kier molecular flexibility index (Phi) is 3.65. The first-order chi connectivity index (χ1) is 7.29. The number of rotatable bonds is 4. The van der Waals surface area contributed by atoms with E-state index in [2.05, 4.69) is 0 Å². The van der Waals surface area contributed by atoms with Crippen LogP contribution in [-0.2, 0) is 0 Å². The largest absolute Gasteiger partial charge is 0.488 e. The molecular weight excluding hydrogens is 211 g/mol. The lowest BCUT2D eigenvalue weighted by molar-refractivity contribution is 0.0271. The zero-order chi connectivity index (χ0) is 12.3. The van der Waals surface area contributed by atoms with Gasteiger partial charge in [0, 0.05) is 5.56 Å². The lowest BCUT2D eigenvalue weighted by Gasteiger charge is -2.18. The Morgan fingerprint density at radius 2 is 2.12 bits per heavy atom. The molecule has 0 fully saturated rings. The van der Waals surface area contributed by atoms with Crippen molar-refractivity contribution in [3.63, 3.8) is 0 Å². The van der Waals surface area contributed by atoms with Gasteiger partial charge in [-0.15, -0.1) is 0 Å². The van der Waals surface area contributed by atoms with Gasteiger partial charge in [-0.3, -0.25) is 4.79 Å². The van der Waals surface area contributed by atoms with Crippen LogP contribution in [0.4, 0.5) is 4.39 Å². The number of hydrogen-bond donors (Lipinski definition) is 1. The molecule has 0 unspecified atom stereocenters. The van der Waals surface area contributed by atoms with Crippen LogP contribution in [0, 0.1) is 5.82 Å². The van der Waals surface area contributed by atoms with E-state index in [1.54, 1.807) is 13.8 Å². The van der Waals surface area contributed by atoms with Gasteiger partial charge in [0.15, 0.2) is 17.3 Å². The number of benzene rings is 1. The van der Waals surface area contributed by atoms with Crippen molar-refractivity contribution in [2.24, 2.45) is 0 Å². The molecule has 0 saturated heterocycles. The van der Waals surface area contributed by atoms with Crippen LogP contribution in [0.25, 0.3) is 0 Å². The third kappa shape index (κ3) is 3.62. The molecular formula is C12H15FO3. The predicted octanol–water partition coefficient (Wildman–Crippen LogP) is 2.18. The monoisotopic (exact) mass is 226 g/mol. The average molecular weight is 226 g/mol. The van der Waals surface area contributed by atoms with Crippen molar-refractivity contribution in [2.75, 3.05) is 6.61 Å². The number of halogens is 1. The maximum atomic E-state index is 13.4. The van der Waals surface area contributed by atoms with Gasteiger partial charge in [0.25, 0.3) is 0 Å². The SMILES string of the molecule is CC(=O)c1ccc(OCC(C)(C)O)c(F)c1. The maximum Gasteiger partial charge on any atom is 0.165 e. The standard InChI is InChI=1S/C12H15FO3/c1-8(14)9-4-5-11(10(13)6-9)16-7-12(2,3)15/h4-6,15H,7H2,1-3H3. The lowest BCUT2D eigenvalue weighted by Crippen LogP contribution is -2.28. The Hall–Kier alpha value is -1.42. The van der Waals surface area contributed by atoms with Gasteiger partial charge in [-0.05, 0) is 39.0 Å². The number of aliphatic hydroxyl groups is 1. The Labute approximate surface area is 93.9 Å². The first-order valence-electron chi connectivity index (χ1n) is 4.95. The van der Waals surface area contributed by atoms with Crippen LogP contribution in [0.1, 0.15) is 31.1 Å². The highest BCUT2D eigenvalue weighted by Gasteiger charge is 2.15. The summed E-state index contributed by atoms with van der Waals surface area (Å²) in [7, 11) is 0. The quantitative estimate of drug-likeness (QED) is 0.800. The van der Waals surface area contributed by atoms with Crippen molar-refractivity contribution in [2.45, 2.75) is 26.4 Å². The highest BCUT2D eigenvalue weighted by atomic mass is 19.1. The summed E-state index contributed by atoms with van der Waals surface area (Å²) in [6.45, 7) is 4.49. The second-order valence-corrected chi connectivity index (χ2v) is 4.30. The highest BCUT2D eigenvalue weighted by molar-refractivity contribution is 5.94. The van der Waals surface area contributed by atoms with Crippen molar-refractivity contribution in [3.8, 4) is 5.75 Å². The summed E-state index contributed by atoms with van der Waals surface area (Å²) in [5.74, 6) is -0.767. The molecule has 3 nitrogen and oxygen atoms in total. The molecule has 0 aliphatic carbocycles. The van der Waals surface area contributed by atoms with Crippen LogP contribution in [-0.4, -0.2) is 23.1 Å². The van der Waals surface area contributed by atoms with E-state index in [4.69, 9.17) is 4.74 Å². The second kappa shape index (κ2) is 4.61. The van der Waals surface area contributed by atoms with E-state index < -0.39 is 11.4 Å². The molecule has 1 rings (SSSR count). The molecule has 0 radical (unpaired) electrons. The van der Waals surface area contributed by atoms with Gasteiger partial charge in [-0.2, -0.15) is 0 Å². The van der Waals surface area contributed by atoms with E-state index in [0.29, 0.717) is 5.56 Å². The Balaban J connectivity index is 2.80. The second-order valence-electron chi connectivity index (χ2n) is 4.30. The van der Waals surface area contributed by atoms with Crippen LogP contribution in [0.2, 0.25) is 0 Å². The number of carbonyl (C=O) groups is 1. The van der Waals surface area contributed by atoms with E-state index in [-0.39, 0.29) is 18.1 Å². The summed E-state index contributed by atoms with van der Waals surface area (Å²) < 4.78 is 18.5. The third-order valence-corrected chi connectivity index (χ3v) is 1.92. The maximum absolute atomic E-state index is 13.4. The van der Waals surface area contributed by atoms with E-state index >= 15 is 0 Å². The van der Waals surface area contributed by atoms with Crippen LogP contribution >= 0.6 is 0 Å². The molecule has 0 aromatic heterocycles. The van der Waals surface area contributed by atoms with Gasteiger partial charge in [0.2, 0.25) is 0 Å². The molecule has 16 heavy (non-hydrogen) atoms. The van der Waals surface area contributed by atoms with Gasteiger partial charge in [0.05, 0.1) is 5.60 Å². The molecule has 1 N–H and O–H groups in total. The van der Waals surface area contributed by atoms with Crippen molar-refractivity contribution < 1.29 is 19.0 Å². The molecule has 0 bridgehead atoms. The molecule has 0 aliphatic heterocycles. The average Bonchev–Trinajstić information content (AvgIpc) is 2.14. The van der Waals surface area contributed by atoms with Gasteiger partial charge in [0.1, 0.15) is 6.61 Å². The van der Waals surface area contributed by atoms with Crippen LogP contribution in [0.5, 0.6) is 5.75 Å². The fraction of sp³-hybridized carbons (Fsp3) is 0.417. The topological polar surface area (TPSA) is 46.5 Å². The van der Waals surface area contributed by atoms with Crippen LogP contribution < -0.4 is 4.74 Å². The summed E-state index contributed by atoms with van der Waals surface area (Å²) in [5, 5.41) is 9.41. The molecule has 1 aromatic rings. The van der Waals surface area contributed by atoms with Crippen LogP contribution in [0.15, 0.2) is 18.2 Å². The van der Waals surface area contributed by atoms with Gasteiger partial charge < -0.3 is 9.84 Å². The predicted molar refractivity (Wildman–Crippen MR) is 58.2 cm³/mol. The summed E-state index contributed by atoms with van der Waals surface area (Å²) in [4.78, 5) is 11.0. The summed E-state index contributed by atoms with van der Waals surface area (Å²) in [5.41, 5.74) is -0.723. The normalized spacial score (nSPS) is 11.3. The molecule has 0 spiro atoms. The van der Waals surface area contributed by atoms with Crippen molar-refractivity contribution in [1.82, 2.24) is 0 Å². The minimum Gasteiger partial charge on any atom is -0.488 e. The molecule has 0 atom stereocenters. The van der Waals surface area contributed by atoms with Crippen molar-refractivity contribution in [1.29, 1.82) is 0 Å². The van der Waals surface area contributed by atoms with Crippen molar-refractivity contribution >= 4 is 5.78 Å². The fourth-order valence-electron chi connectivity index (χ4n) is 1.09. The summed E-state index contributed by atoms with van der Waals surface area (Å²) in [6.07, 6.45) is 0. The summed E-state index contributed by atoms with van der Waals surface area (Å²) in [6, 6.07) is 4.00. The molecule has 88 valence electrons. The van der Waals surface area contributed by atoms with E-state index in [9.17, 15) is 14.3 Å². The minimum absolute atomic E-state index is 0.0106. The smallest absolute Gasteiger partial charge is 0.165 e. The number of carbonyl (C=O) groups excluding carboxylic acids is 1. The first-order valence-corrected chi connectivity index (χ1v) is 4.95. The molecule has 0 heterocycles. The zero-order valence-corrected chi connectivity index (χ0v) is 9.58. The molecule has 0 aliphatic rings. The number of hydrogen-bond acceptors (Lipinski definition) is 3. The Morgan fingerprint density at radius 1 is 1.50 bits per heavy atom. The Morgan fingerprint density at radius 3 is 2.56 bits per heavy atom. The number of ketones is 1. The van der Waals surface area contributed by atoms with Gasteiger partial charge in [-0.1, -0.05) is 0 Å². The summed E-state index contributed by atoms with van der Waals surface area (Å²) >= 11 is 0. The van der Waals surface area contributed by atoms with E-state index in [0.717, 1.165) is 6.07 Å². The number of Topliss-reactive ketones (excluding diaryl/α,β-unsaturated/α-hetero) is 1. The van der Waals surface area contributed by atoms with Crippen molar-refractivity contribution in [3.05, 3.63) is 29.6 Å². The number of ether oxygens (including phenoxy) is 1. The van der Waals surface area contributed by atoms with Crippen LogP contribution in [0.3, 0.4) is 0 Å². The van der Waals surface area contributed by atoms with Gasteiger partial charge in [-0.25, -0.2) is 4.39 Å². The zero-order valence-electron chi connectivity index (χ0n) is 9.58. The molecule has 1 aromatic carbocycles. The lowest BCUT2D eigenvalue weighted by atomic mass is 10.1. The highest BCUT2D eigenvalue weighted by Crippen LogP contribution is 2.19. The fourth-order valence-corrected chi connectivity index (χ4v) is 1.09.